The zero-order valence-corrected chi connectivity index (χ0v) is 12.3. The molecule has 1 rings (SSSR count). The van der Waals surface area contributed by atoms with Gasteiger partial charge in [0.2, 0.25) is 5.91 Å². The molecule has 0 saturated heterocycles. The van der Waals surface area contributed by atoms with Crippen molar-refractivity contribution < 1.29 is 4.79 Å². The molecule has 1 aliphatic carbocycles. The number of nitrogens with one attached hydrogen (secondary N) is 1. The molecule has 0 bridgehead atoms. The van der Waals surface area contributed by atoms with Gasteiger partial charge >= 0.3 is 0 Å². The predicted molar refractivity (Wildman–Crippen MR) is 71.8 cm³/mol. The number of alkyl halides is 1. The van der Waals surface area contributed by atoms with Gasteiger partial charge in [-0.3, -0.25) is 4.79 Å². The van der Waals surface area contributed by atoms with E-state index in [2.05, 4.69) is 28.2 Å². The fraction of sp³-hybridized carbons (Fsp3) is 0.923. The zero-order valence-electron chi connectivity index (χ0n) is 10.7. The average Bonchev–Trinajstić information content (AvgIpc) is 2.20. The molecule has 0 atom stereocenters. The molecular formula is C13H24BrNO. The normalized spacial score (nSPS) is 26.5. The minimum Gasteiger partial charge on any atom is -0.352 e. The summed E-state index contributed by atoms with van der Waals surface area (Å²) >= 11 is 3.40. The third-order valence-corrected chi connectivity index (χ3v) is 3.78. The van der Waals surface area contributed by atoms with Crippen molar-refractivity contribution in [3.05, 3.63) is 0 Å². The highest BCUT2D eigenvalue weighted by Crippen LogP contribution is 2.28. The van der Waals surface area contributed by atoms with Crippen molar-refractivity contribution >= 4 is 21.8 Å². The van der Waals surface area contributed by atoms with Crippen LogP contribution in [0.25, 0.3) is 0 Å². The molecule has 1 aliphatic rings. The summed E-state index contributed by atoms with van der Waals surface area (Å²) in [4.78, 5) is 11.8. The first-order valence-electron chi connectivity index (χ1n) is 6.43. The number of hydrogen-bond donors (Lipinski definition) is 1. The SMILES string of the molecule is CCCC1CCC(NC(=O)C(C)(C)Br)CC1. The third-order valence-electron chi connectivity index (χ3n) is 3.42. The van der Waals surface area contributed by atoms with Crippen LogP contribution in [0.3, 0.4) is 0 Å². The van der Waals surface area contributed by atoms with Crippen molar-refractivity contribution in [1.29, 1.82) is 0 Å². The van der Waals surface area contributed by atoms with Crippen LogP contribution in [0.15, 0.2) is 0 Å². The Kier molecular flexibility index (Phi) is 5.29. The van der Waals surface area contributed by atoms with E-state index in [1.165, 1.54) is 25.7 Å². The third kappa shape index (κ3) is 4.44. The Labute approximate surface area is 108 Å². The zero-order chi connectivity index (χ0) is 12.2. The standard InChI is InChI=1S/C13H24BrNO/c1-4-5-10-6-8-11(9-7-10)15-12(16)13(2,3)14/h10-11H,4-9H2,1-3H3,(H,15,16). The Morgan fingerprint density at radius 3 is 2.31 bits per heavy atom. The lowest BCUT2D eigenvalue weighted by atomic mass is 9.83. The molecule has 2 nitrogen and oxygen atoms in total. The van der Waals surface area contributed by atoms with E-state index in [0.29, 0.717) is 6.04 Å². The minimum absolute atomic E-state index is 0.117. The Bertz CT molecular complexity index is 227. The molecule has 0 unspecified atom stereocenters. The van der Waals surface area contributed by atoms with Gasteiger partial charge < -0.3 is 5.32 Å². The summed E-state index contributed by atoms with van der Waals surface area (Å²) in [6.07, 6.45) is 7.50. The number of halogens is 1. The molecule has 1 N–H and O–H groups in total. The van der Waals surface area contributed by atoms with Gasteiger partial charge in [-0.25, -0.2) is 0 Å². The maximum Gasteiger partial charge on any atom is 0.236 e. The molecule has 1 saturated carbocycles. The van der Waals surface area contributed by atoms with Crippen LogP contribution >= 0.6 is 15.9 Å². The molecule has 0 heterocycles. The van der Waals surface area contributed by atoms with Crippen molar-refractivity contribution in [2.45, 2.75) is 69.7 Å². The van der Waals surface area contributed by atoms with Gasteiger partial charge in [0.15, 0.2) is 0 Å². The van der Waals surface area contributed by atoms with E-state index in [1.54, 1.807) is 0 Å². The van der Waals surface area contributed by atoms with Gasteiger partial charge in [-0.15, -0.1) is 0 Å². The summed E-state index contributed by atoms with van der Waals surface area (Å²) in [6.45, 7) is 6.04. The summed E-state index contributed by atoms with van der Waals surface area (Å²) in [5, 5.41) is 3.14. The van der Waals surface area contributed by atoms with E-state index in [0.717, 1.165) is 18.8 Å². The molecule has 0 aromatic carbocycles. The Balaban J connectivity index is 2.30. The summed E-state index contributed by atoms with van der Waals surface area (Å²) < 4.78 is -0.437. The highest BCUT2D eigenvalue weighted by molar-refractivity contribution is 9.10. The van der Waals surface area contributed by atoms with E-state index in [-0.39, 0.29) is 5.91 Å². The summed E-state index contributed by atoms with van der Waals surface area (Å²) in [5.74, 6) is 1.02. The smallest absolute Gasteiger partial charge is 0.236 e. The monoisotopic (exact) mass is 289 g/mol. The van der Waals surface area contributed by atoms with Gasteiger partial charge in [0, 0.05) is 6.04 Å². The van der Waals surface area contributed by atoms with Crippen molar-refractivity contribution in [1.82, 2.24) is 5.32 Å². The highest BCUT2D eigenvalue weighted by Gasteiger charge is 2.28. The molecule has 3 heteroatoms. The molecule has 0 radical (unpaired) electrons. The molecule has 16 heavy (non-hydrogen) atoms. The molecular weight excluding hydrogens is 266 g/mol. The first kappa shape index (κ1) is 14.0. The van der Waals surface area contributed by atoms with Gasteiger partial charge in [0.25, 0.3) is 0 Å². The fourth-order valence-corrected chi connectivity index (χ4v) is 2.48. The maximum atomic E-state index is 11.8. The lowest BCUT2D eigenvalue weighted by molar-refractivity contribution is -0.123. The maximum absolute atomic E-state index is 11.8. The Hall–Kier alpha value is -0.0500. The summed E-state index contributed by atoms with van der Waals surface area (Å²) in [6, 6.07) is 0.400. The number of carbonyl (C=O) groups is 1. The van der Waals surface area contributed by atoms with Gasteiger partial charge in [0.05, 0.1) is 4.32 Å². The van der Waals surface area contributed by atoms with Gasteiger partial charge in [-0.1, -0.05) is 35.7 Å². The Morgan fingerprint density at radius 1 is 1.31 bits per heavy atom. The molecule has 94 valence electrons. The van der Waals surface area contributed by atoms with E-state index in [9.17, 15) is 4.79 Å². The quantitative estimate of drug-likeness (QED) is 0.787. The largest absolute Gasteiger partial charge is 0.352 e. The van der Waals surface area contributed by atoms with Gasteiger partial charge in [-0.05, 0) is 45.4 Å². The van der Waals surface area contributed by atoms with Crippen molar-refractivity contribution in [2.24, 2.45) is 5.92 Å². The van der Waals surface area contributed by atoms with Crippen molar-refractivity contribution in [2.75, 3.05) is 0 Å². The number of carbonyl (C=O) groups excluding carboxylic acids is 1. The van der Waals surface area contributed by atoms with E-state index in [4.69, 9.17) is 0 Å². The van der Waals surface area contributed by atoms with E-state index < -0.39 is 4.32 Å². The topological polar surface area (TPSA) is 29.1 Å². The molecule has 0 aromatic rings. The number of rotatable bonds is 4. The van der Waals surface area contributed by atoms with Crippen LogP contribution in [0.2, 0.25) is 0 Å². The Morgan fingerprint density at radius 2 is 1.88 bits per heavy atom. The molecule has 1 fully saturated rings. The second kappa shape index (κ2) is 6.04. The van der Waals surface area contributed by atoms with Crippen LogP contribution in [0.1, 0.15) is 59.3 Å². The second-order valence-corrected chi connectivity index (χ2v) is 7.43. The number of hydrogen-bond acceptors (Lipinski definition) is 1. The van der Waals surface area contributed by atoms with Crippen LogP contribution in [0.5, 0.6) is 0 Å². The van der Waals surface area contributed by atoms with Crippen LogP contribution < -0.4 is 5.32 Å². The van der Waals surface area contributed by atoms with Crippen LogP contribution in [-0.4, -0.2) is 16.3 Å². The molecule has 0 spiro atoms. The summed E-state index contributed by atoms with van der Waals surface area (Å²) in [7, 11) is 0. The predicted octanol–water partition coefficient (Wildman–Crippen LogP) is 3.64. The van der Waals surface area contributed by atoms with Crippen molar-refractivity contribution in [3.8, 4) is 0 Å². The van der Waals surface area contributed by atoms with Crippen LogP contribution in [0, 0.1) is 5.92 Å². The lowest BCUT2D eigenvalue weighted by Crippen LogP contribution is -2.44. The van der Waals surface area contributed by atoms with Gasteiger partial charge in [-0.2, -0.15) is 0 Å². The van der Waals surface area contributed by atoms with Crippen molar-refractivity contribution in [3.63, 3.8) is 0 Å². The van der Waals surface area contributed by atoms with E-state index in [1.807, 2.05) is 13.8 Å². The lowest BCUT2D eigenvalue weighted by Gasteiger charge is -2.30. The molecule has 0 aliphatic heterocycles. The highest BCUT2D eigenvalue weighted by atomic mass is 79.9. The first-order valence-corrected chi connectivity index (χ1v) is 7.22. The second-order valence-electron chi connectivity index (χ2n) is 5.45. The minimum atomic E-state index is -0.437. The molecule has 0 aromatic heterocycles. The summed E-state index contributed by atoms with van der Waals surface area (Å²) in [5.41, 5.74) is 0. The average molecular weight is 290 g/mol. The number of amides is 1. The van der Waals surface area contributed by atoms with Crippen LogP contribution in [0.4, 0.5) is 0 Å². The van der Waals surface area contributed by atoms with Gasteiger partial charge in [0.1, 0.15) is 0 Å². The molecule has 1 amide bonds. The van der Waals surface area contributed by atoms with E-state index >= 15 is 0 Å². The van der Waals surface area contributed by atoms with Crippen LogP contribution in [-0.2, 0) is 4.79 Å². The fourth-order valence-electron chi connectivity index (χ4n) is 2.36. The first-order chi connectivity index (χ1) is 7.43.